The number of benzene rings is 3. The van der Waals surface area contributed by atoms with E-state index in [-0.39, 0.29) is 18.4 Å². The summed E-state index contributed by atoms with van der Waals surface area (Å²) in [5.41, 5.74) is 5.45. The summed E-state index contributed by atoms with van der Waals surface area (Å²) in [5.74, 6) is 0.609. The van der Waals surface area contributed by atoms with E-state index < -0.39 is 0 Å². The first-order chi connectivity index (χ1) is 15.5. The van der Waals surface area contributed by atoms with Gasteiger partial charge in [-0.15, -0.1) is 0 Å². The average molecular weight is 543 g/mol. The second-order valence-corrected chi connectivity index (χ2v) is 7.93. The van der Waals surface area contributed by atoms with Gasteiger partial charge in [0.25, 0.3) is 11.8 Å². The summed E-state index contributed by atoms with van der Waals surface area (Å²) < 4.78 is 11.7. The smallest absolute Gasteiger partial charge is 0.271 e. The van der Waals surface area contributed by atoms with E-state index >= 15 is 0 Å². The van der Waals surface area contributed by atoms with Gasteiger partial charge >= 0.3 is 0 Å². The van der Waals surface area contributed by atoms with Gasteiger partial charge in [0.2, 0.25) is 0 Å². The molecule has 0 fully saturated rings. The summed E-state index contributed by atoms with van der Waals surface area (Å²) in [5, 5.41) is 6.80. The Morgan fingerprint density at radius 2 is 1.81 bits per heavy atom. The number of amides is 2. The third-order valence-electron chi connectivity index (χ3n) is 4.46. The predicted molar refractivity (Wildman–Crippen MR) is 133 cm³/mol. The van der Waals surface area contributed by atoms with Crippen molar-refractivity contribution in [2.45, 2.75) is 6.92 Å². The Morgan fingerprint density at radius 3 is 2.53 bits per heavy atom. The van der Waals surface area contributed by atoms with E-state index in [9.17, 15) is 9.59 Å². The van der Waals surface area contributed by atoms with Crippen LogP contribution in [0.15, 0.2) is 71.8 Å². The molecular weight excluding hydrogens is 521 g/mol. The van der Waals surface area contributed by atoms with Gasteiger partial charge in [-0.2, -0.15) is 5.10 Å². The van der Waals surface area contributed by atoms with E-state index in [0.29, 0.717) is 17.1 Å². The molecule has 164 valence electrons. The standard InChI is InChI=1S/C24H22IN3O4/c1-16-5-3-4-6-21(16)27-23(29)15-32-19-10-7-17(8-11-19)14-26-28-24(30)18-9-12-20(25)22(13-18)31-2/h3-14H,15H2,1-2H3,(H,27,29)(H,28,30)/b26-14+. The van der Waals surface area contributed by atoms with Crippen molar-refractivity contribution < 1.29 is 19.1 Å². The molecule has 0 aromatic heterocycles. The van der Waals surface area contributed by atoms with Crippen LogP contribution in [-0.2, 0) is 4.79 Å². The second-order valence-electron chi connectivity index (χ2n) is 6.77. The van der Waals surface area contributed by atoms with Gasteiger partial charge in [0.15, 0.2) is 6.61 Å². The monoisotopic (exact) mass is 543 g/mol. The number of halogens is 1. The highest BCUT2D eigenvalue weighted by atomic mass is 127. The van der Waals surface area contributed by atoms with Gasteiger partial charge in [-0.1, -0.05) is 18.2 Å². The van der Waals surface area contributed by atoms with E-state index in [1.807, 2.05) is 31.2 Å². The maximum atomic E-state index is 12.2. The van der Waals surface area contributed by atoms with Gasteiger partial charge in [0.1, 0.15) is 11.5 Å². The van der Waals surface area contributed by atoms with Crippen molar-refractivity contribution in [3.05, 3.63) is 87.0 Å². The Balaban J connectivity index is 1.49. The van der Waals surface area contributed by atoms with Crippen LogP contribution in [0.4, 0.5) is 5.69 Å². The first-order valence-corrected chi connectivity index (χ1v) is 10.8. The number of methoxy groups -OCH3 is 1. The number of carbonyl (C=O) groups excluding carboxylic acids is 2. The summed E-state index contributed by atoms with van der Waals surface area (Å²) in [6.07, 6.45) is 1.52. The molecule has 0 saturated heterocycles. The van der Waals surface area contributed by atoms with Gasteiger partial charge in [0.05, 0.1) is 16.9 Å². The van der Waals surface area contributed by atoms with Crippen LogP contribution in [0, 0.1) is 10.5 Å². The van der Waals surface area contributed by atoms with Crippen LogP contribution in [0.2, 0.25) is 0 Å². The minimum atomic E-state index is -0.337. The van der Waals surface area contributed by atoms with Crippen LogP contribution in [0.1, 0.15) is 21.5 Å². The Morgan fingerprint density at radius 1 is 1.06 bits per heavy atom. The Kier molecular flexibility index (Phi) is 8.20. The van der Waals surface area contributed by atoms with Gasteiger partial charge in [-0.3, -0.25) is 9.59 Å². The molecule has 0 aliphatic heterocycles. The van der Waals surface area contributed by atoms with Gasteiger partial charge < -0.3 is 14.8 Å². The van der Waals surface area contributed by atoms with Gasteiger partial charge in [0, 0.05) is 11.3 Å². The van der Waals surface area contributed by atoms with E-state index in [1.54, 1.807) is 49.6 Å². The van der Waals surface area contributed by atoms with Crippen LogP contribution in [0.25, 0.3) is 0 Å². The third-order valence-corrected chi connectivity index (χ3v) is 5.35. The quantitative estimate of drug-likeness (QED) is 0.251. The van der Waals surface area contributed by atoms with Crippen LogP contribution in [-0.4, -0.2) is 31.7 Å². The molecule has 0 aliphatic rings. The Bertz CT molecular complexity index is 1130. The second kappa shape index (κ2) is 11.3. The minimum Gasteiger partial charge on any atom is -0.496 e. The number of aryl methyl sites for hydroxylation is 1. The molecule has 0 radical (unpaired) electrons. The average Bonchev–Trinajstić information content (AvgIpc) is 2.80. The number of nitrogens with one attached hydrogen (secondary N) is 2. The summed E-state index contributed by atoms with van der Waals surface area (Å²) in [6, 6.07) is 19.7. The molecule has 7 nitrogen and oxygen atoms in total. The fourth-order valence-corrected chi connectivity index (χ4v) is 3.29. The maximum absolute atomic E-state index is 12.2. The Labute approximate surface area is 200 Å². The number of ether oxygens (including phenoxy) is 2. The van der Waals surface area contributed by atoms with Crippen molar-refractivity contribution in [2.24, 2.45) is 5.10 Å². The van der Waals surface area contributed by atoms with Crippen molar-refractivity contribution in [3.63, 3.8) is 0 Å². The lowest BCUT2D eigenvalue weighted by molar-refractivity contribution is -0.118. The first-order valence-electron chi connectivity index (χ1n) is 9.71. The molecule has 3 aromatic carbocycles. The lowest BCUT2D eigenvalue weighted by Gasteiger charge is -2.09. The van der Waals surface area contributed by atoms with Gasteiger partial charge in [-0.25, -0.2) is 5.43 Å². The van der Waals surface area contributed by atoms with Crippen molar-refractivity contribution in [2.75, 3.05) is 19.0 Å². The zero-order valence-corrected chi connectivity index (χ0v) is 19.8. The molecule has 3 aromatic rings. The lowest BCUT2D eigenvalue weighted by Crippen LogP contribution is -2.20. The third kappa shape index (κ3) is 6.55. The normalized spacial score (nSPS) is 10.6. The van der Waals surface area contributed by atoms with Gasteiger partial charge in [-0.05, 0) is 89.2 Å². The lowest BCUT2D eigenvalue weighted by atomic mass is 10.2. The predicted octanol–water partition coefficient (Wildman–Crippen LogP) is 4.39. The molecule has 32 heavy (non-hydrogen) atoms. The van der Waals surface area contributed by atoms with Crippen molar-refractivity contribution >= 4 is 46.3 Å². The minimum absolute atomic E-state index is 0.0999. The van der Waals surface area contributed by atoms with E-state index in [4.69, 9.17) is 9.47 Å². The number of hydrazone groups is 1. The molecular formula is C24H22IN3O4. The fraction of sp³-hybridized carbons (Fsp3) is 0.125. The summed E-state index contributed by atoms with van der Waals surface area (Å²) in [4.78, 5) is 24.3. The zero-order valence-electron chi connectivity index (χ0n) is 17.6. The first kappa shape index (κ1) is 23.3. The highest BCUT2D eigenvalue weighted by Gasteiger charge is 2.08. The number of carbonyl (C=O) groups is 2. The van der Waals surface area contributed by atoms with E-state index in [1.165, 1.54) is 6.21 Å². The summed E-state index contributed by atoms with van der Waals surface area (Å²) in [6.45, 7) is 1.83. The van der Waals surface area contributed by atoms with Crippen LogP contribution < -0.4 is 20.2 Å². The molecule has 0 aliphatic carbocycles. The maximum Gasteiger partial charge on any atom is 0.271 e. The highest BCUT2D eigenvalue weighted by Crippen LogP contribution is 2.21. The number of para-hydroxylation sites is 1. The molecule has 3 rings (SSSR count). The molecule has 8 heteroatoms. The highest BCUT2D eigenvalue weighted by molar-refractivity contribution is 14.1. The molecule has 0 atom stereocenters. The topological polar surface area (TPSA) is 89.0 Å². The Hall–Kier alpha value is -3.40. The summed E-state index contributed by atoms with van der Waals surface area (Å²) in [7, 11) is 1.56. The molecule has 0 unspecified atom stereocenters. The molecule has 0 heterocycles. The number of nitrogens with zero attached hydrogens (tertiary/aromatic N) is 1. The number of anilines is 1. The molecule has 0 spiro atoms. The molecule has 2 amide bonds. The number of hydrogen-bond acceptors (Lipinski definition) is 5. The molecule has 0 saturated carbocycles. The largest absolute Gasteiger partial charge is 0.496 e. The van der Waals surface area contributed by atoms with Crippen molar-refractivity contribution in [1.82, 2.24) is 5.43 Å². The van der Waals surface area contributed by atoms with Crippen molar-refractivity contribution in [3.8, 4) is 11.5 Å². The van der Waals surface area contributed by atoms with Crippen LogP contribution in [0.5, 0.6) is 11.5 Å². The molecule has 2 N–H and O–H groups in total. The molecule has 0 bridgehead atoms. The number of hydrogen-bond donors (Lipinski definition) is 2. The SMILES string of the molecule is COc1cc(C(=O)N/N=C/c2ccc(OCC(=O)Nc3ccccc3C)cc2)ccc1I. The van der Waals surface area contributed by atoms with E-state index in [0.717, 1.165) is 20.4 Å². The van der Waals surface area contributed by atoms with E-state index in [2.05, 4.69) is 38.4 Å². The van der Waals surface area contributed by atoms with Crippen LogP contribution in [0.3, 0.4) is 0 Å². The fourth-order valence-electron chi connectivity index (χ4n) is 2.73. The summed E-state index contributed by atoms with van der Waals surface area (Å²) >= 11 is 2.14. The zero-order chi connectivity index (χ0) is 22.9. The number of rotatable bonds is 8. The van der Waals surface area contributed by atoms with Crippen LogP contribution >= 0.6 is 22.6 Å². The van der Waals surface area contributed by atoms with Crippen molar-refractivity contribution in [1.29, 1.82) is 0 Å².